The van der Waals surface area contributed by atoms with Crippen molar-refractivity contribution in [1.29, 1.82) is 5.26 Å². The molecule has 4 bridgehead atoms. The van der Waals surface area contributed by atoms with Crippen molar-refractivity contribution in [2.24, 2.45) is 17.8 Å². The zero-order chi connectivity index (χ0) is 21.7. The second-order valence-electron chi connectivity index (χ2n) is 10.2. The minimum absolute atomic E-state index is 0.0182. The van der Waals surface area contributed by atoms with Gasteiger partial charge in [-0.15, -0.1) is 0 Å². The molecular weight excluding hydrogens is 422 g/mol. The molecule has 0 radical (unpaired) electrons. The zero-order valence-corrected chi connectivity index (χ0v) is 18.9. The number of carbonyl (C=O) groups is 1. The molecule has 1 amide bonds. The first-order chi connectivity index (χ1) is 14.0. The Labute approximate surface area is 183 Å². The molecule has 162 valence electrons. The second-order valence-corrected chi connectivity index (χ2v) is 12.2. The van der Waals surface area contributed by atoms with Crippen molar-refractivity contribution < 1.29 is 13.2 Å². The topological polar surface area (TPSA) is 99.1 Å². The normalized spacial score (nSPS) is 30.1. The minimum atomic E-state index is -3.94. The molecule has 8 heteroatoms. The van der Waals surface area contributed by atoms with Gasteiger partial charge < -0.3 is 5.32 Å². The Morgan fingerprint density at radius 1 is 1.20 bits per heavy atom. The molecule has 5 rings (SSSR count). The first kappa shape index (κ1) is 21.6. The molecule has 1 aromatic carbocycles. The van der Waals surface area contributed by atoms with E-state index in [-0.39, 0.29) is 33.3 Å². The summed E-state index contributed by atoms with van der Waals surface area (Å²) in [5.41, 5.74) is -0.798. The zero-order valence-electron chi connectivity index (χ0n) is 17.4. The summed E-state index contributed by atoms with van der Waals surface area (Å²) in [6, 6.07) is 5.98. The predicted molar refractivity (Wildman–Crippen MR) is 114 cm³/mol. The van der Waals surface area contributed by atoms with E-state index in [1.54, 1.807) is 13.8 Å². The third-order valence-corrected chi connectivity index (χ3v) is 8.99. The maximum absolute atomic E-state index is 12.9. The van der Waals surface area contributed by atoms with Gasteiger partial charge in [0.2, 0.25) is 15.9 Å². The van der Waals surface area contributed by atoms with Crippen molar-refractivity contribution in [2.75, 3.05) is 0 Å². The number of nitriles is 1. The lowest BCUT2D eigenvalue weighted by Gasteiger charge is -2.57. The summed E-state index contributed by atoms with van der Waals surface area (Å²) >= 11 is 6.08. The molecule has 0 unspecified atom stereocenters. The Hall–Kier alpha value is -1.62. The largest absolute Gasteiger partial charge is 0.351 e. The summed E-state index contributed by atoms with van der Waals surface area (Å²) in [4.78, 5) is 12.8. The van der Waals surface area contributed by atoms with E-state index in [4.69, 9.17) is 16.9 Å². The molecule has 4 aliphatic rings. The average molecular weight is 450 g/mol. The lowest BCUT2D eigenvalue weighted by molar-refractivity contribution is -0.127. The third kappa shape index (κ3) is 4.37. The Morgan fingerprint density at radius 3 is 2.27 bits per heavy atom. The average Bonchev–Trinajstić information content (AvgIpc) is 2.57. The highest BCUT2D eigenvalue weighted by atomic mass is 35.5. The number of amides is 1. The first-order valence-corrected chi connectivity index (χ1v) is 12.4. The van der Waals surface area contributed by atoms with E-state index in [0.717, 1.165) is 37.0 Å². The number of nitrogens with one attached hydrogen (secondary N) is 2. The summed E-state index contributed by atoms with van der Waals surface area (Å²) in [6.07, 6.45) is 7.10. The monoisotopic (exact) mass is 449 g/mol. The van der Waals surface area contributed by atoms with Gasteiger partial charge in [-0.1, -0.05) is 11.6 Å². The van der Waals surface area contributed by atoms with E-state index in [0.29, 0.717) is 0 Å². The summed E-state index contributed by atoms with van der Waals surface area (Å²) in [6.45, 7) is 3.39. The van der Waals surface area contributed by atoms with Crippen LogP contribution in [0.2, 0.25) is 5.02 Å². The molecule has 0 aliphatic heterocycles. The lowest BCUT2D eigenvalue weighted by Crippen LogP contribution is -2.60. The minimum Gasteiger partial charge on any atom is -0.351 e. The van der Waals surface area contributed by atoms with Gasteiger partial charge in [-0.2, -0.15) is 5.26 Å². The van der Waals surface area contributed by atoms with E-state index < -0.39 is 15.6 Å². The van der Waals surface area contributed by atoms with Crippen LogP contribution in [-0.2, 0) is 14.8 Å². The van der Waals surface area contributed by atoms with Gasteiger partial charge in [0, 0.05) is 17.5 Å². The van der Waals surface area contributed by atoms with Crippen LogP contribution in [0.25, 0.3) is 0 Å². The number of carbonyl (C=O) groups excluding carboxylic acids is 1. The van der Waals surface area contributed by atoms with Crippen LogP contribution in [0.15, 0.2) is 23.1 Å². The van der Waals surface area contributed by atoms with Crippen LogP contribution in [0.5, 0.6) is 0 Å². The van der Waals surface area contributed by atoms with Crippen molar-refractivity contribution >= 4 is 27.5 Å². The summed E-state index contributed by atoms with van der Waals surface area (Å²) in [5.74, 6) is 2.06. The fourth-order valence-electron chi connectivity index (χ4n) is 6.25. The molecule has 0 spiro atoms. The van der Waals surface area contributed by atoms with Crippen LogP contribution in [0.3, 0.4) is 0 Å². The van der Waals surface area contributed by atoms with Crippen LogP contribution in [-0.4, -0.2) is 25.4 Å². The molecule has 0 aromatic heterocycles. The molecule has 4 aliphatic carbocycles. The van der Waals surface area contributed by atoms with Crippen LogP contribution in [0.1, 0.15) is 64.4 Å². The summed E-state index contributed by atoms with van der Waals surface area (Å²) in [7, 11) is -3.94. The van der Waals surface area contributed by atoms with Crippen LogP contribution in [0, 0.1) is 29.1 Å². The summed E-state index contributed by atoms with van der Waals surface area (Å²) in [5, 5.41) is 12.2. The van der Waals surface area contributed by atoms with Gasteiger partial charge in [0.1, 0.15) is 4.90 Å². The van der Waals surface area contributed by atoms with Crippen molar-refractivity contribution in [3.63, 3.8) is 0 Å². The molecule has 0 atom stereocenters. The first-order valence-electron chi connectivity index (χ1n) is 10.5. The summed E-state index contributed by atoms with van der Waals surface area (Å²) < 4.78 is 28.3. The molecule has 2 N–H and O–H groups in total. The number of rotatable bonds is 6. The van der Waals surface area contributed by atoms with Gasteiger partial charge in [-0.3, -0.25) is 4.79 Å². The van der Waals surface area contributed by atoms with Gasteiger partial charge in [-0.25, -0.2) is 13.1 Å². The number of halogens is 1. The highest BCUT2D eigenvalue weighted by Gasteiger charge is 2.51. The highest BCUT2D eigenvalue weighted by Crippen LogP contribution is 2.55. The molecule has 4 saturated carbocycles. The predicted octanol–water partition coefficient (Wildman–Crippen LogP) is 3.74. The third-order valence-electron chi connectivity index (χ3n) is 6.81. The van der Waals surface area contributed by atoms with E-state index in [9.17, 15) is 13.2 Å². The smallest absolute Gasteiger partial charge is 0.242 e. The van der Waals surface area contributed by atoms with Crippen LogP contribution >= 0.6 is 11.6 Å². The van der Waals surface area contributed by atoms with E-state index in [2.05, 4.69) is 10.0 Å². The number of sulfonamides is 1. The molecule has 6 nitrogen and oxygen atoms in total. The number of nitrogens with zero attached hydrogens (tertiary/aromatic N) is 1. The Bertz CT molecular complexity index is 978. The molecule has 0 saturated heterocycles. The van der Waals surface area contributed by atoms with Gasteiger partial charge >= 0.3 is 0 Å². The second kappa shape index (κ2) is 7.51. The van der Waals surface area contributed by atoms with Gasteiger partial charge in [-0.05, 0) is 88.3 Å². The SMILES string of the molecule is CC(C)(CC(=O)NC12CC3CC(CC(C3)C1)C2)NS(=O)(=O)c1ccc(C#N)cc1Cl. The van der Waals surface area contributed by atoms with Gasteiger partial charge in [0.25, 0.3) is 0 Å². The molecule has 1 aromatic rings. The lowest BCUT2D eigenvalue weighted by atomic mass is 9.53. The van der Waals surface area contributed by atoms with Gasteiger partial charge in [0.15, 0.2) is 0 Å². The molecule has 4 fully saturated rings. The Balaban J connectivity index is 1.43. The Morgan fingerprint density at radius 2 is 1.77 bits per heavy atom. The van der Waals surface area contributed by atoms with Gasteiger partial charge in [0.05, 0.1) is 16.7 Å². The van der Waals surface area contributed by atoms with E-state index >= 15 is 0 Å². The Kier molecular flexibility index (Phi) is 5.41. The molecular formula is C22H28ClN3O3S. The molecule has 0 heterocycles. The molecule has 30 heavy (non-hydrogen) atoms. The van der Waals surface area contributed by atoms with Crippen molar-refractivity contribution in [1.82, 2.24) is 10.0 Å². The van der Waals surface area contributed by atoms with Crippen molar-refractivity contribution in [3.05, 3.63) is 28.8 Å². The van der Waals surface area contributed by atoms with Crippen molar-refractivity contribution in [3.8, 4) is 6.07 Å². The van der Waals surface area contributed by atoms with E-state index in [1.807, 2.05) is 6.07 Å². The maximum Gasteiger partial charge on any atom is 0.242 e. The maximum atomic E-state index is 12.9. The number of hydrogen-bond acceptors (Lipinski definition) is 4. The fraction of sp³-hybridized carbons (Fsp3) is 0.636. The standard InChI is InChI=1S/C22H28ClN3O3S/c1-21(2,26-30(28,29)19-4-3-14(13-24)8-18(19)23)12-20(27)25-22-9-15-5-16(10-22)7-17(6-15)11-22/h3-4,8,15-17,26H,5-7,9-12H2,1-2H3,(H,25,27). The van der Waals surface area contributed by atoms with Crippen LogP contribution < -0.4 is 10.0 Å². The van der Waals surface area contributed by atoms with E-state index in [1.165, 1.54) is 37.5 Å². The van der Waals surface area contributed by atoms with Crippen LogP contribution in [0.4, 0.5) is 0 Å². The quantitative estimate of drug-likeness (QED) is 0.690. The number of hydrogen-bond donors (Lipinski definition) is 2. The number of benzene rings is 1. The van der Waals surface area contributed by atoms with Crippen molar-refractivity contribution in [2.45, 2.75) is 74.8 Å². The highest BCUT2D eigenvalue weighted by molar-refractivity contribution is 7.89. The fourth-order valence-corrected chi connectivity index (χ4v) is 8.21.